The summed E-state index contributed by atoms with van der Waals surface area (Å²) in [5, 5.41) is 0. The Morgan fingerprint density at radius 2 is 0.636 bits per heavy atom. The largest absolute Gasteiger partial charge is 0.0622 e. The van der Waals surface area contributed by atoms with Crippen LogP contribution in [0.4, 0.5) is 0 Å². The van der Waals surface area contributed by atoms with E-state index in [1.54, 1.807) is 6.42 Å². The van der Waals surface area contributed by atoms with Crippen molar-refractivity contribution in [1.82, 2.24) is 0 Å². The van der Waals surface area contributed by atoms with Crippen LogP contribution in [0.2, 0.25) is 0 Å². The molecule has 0 saturated heterocycles. The van der Waals surface area contributed by atoms with Crippen LogP contribution in [-0.2, 0) is 0 Å². The zero-order chi connectivity index (χ0) is 32.8. The van der Waals surface area contributed by atoms with Crippen molar-refractivity contribution in [3.63, 3.8) is 0 Å². The van der Waals surface area contributed by atoms with Crippen molar-refractivity contribution in [2.24, 2.45) is 276 Å². The predicted octanol–water partition coefficient (Wildman–Crippen LogP) is 8.53. The molecule has 27 saturated carbocycles. The molecular formula is C55H60. The van der Waals surface area contributed by atoms with Crippen LogP contribution in [0.1, 0.15) is 51.9 Å². The highest BCUT2D eigenvalue weighted by atomic mass is 15.1. The van der Waals surface area contributed by atoms with Crippen molar-refractivity contribution in [2.75, 3.05) is 0 Å². The third kappa shape index (κ3) is 1.45. The van der Waals surface area contributed by atoms with E-state index in [1.165, 1.54) is 249 Å². The van der Waals surface area contributed by atoms with E-state index in [0.717, 1.165) is 27.6 Å². The van der Waals surface area contributed by atoms with Gasteiger partial charge in [0, 0.05) is 0 Å². The molecule has 47 atom stereocenters. The molecule has 47 unspecified atom stereocenters. The Bertz CT molecular complexity index is 2340. The predicted molar refractivity (Wildman–Crippen MR) is 198 cm³/mol. The minimum Gasteiger partial charge on any atom is -0.0622 e. The van der Waals surface area contributed by atoms with E-state index in [2.05, 4.69) is 6.92 Å². The maximum Gasteiger partial charge on any atom is -0.0195 e. The molecule has 8 bridgehead atoms. The summed E-state index contributed by atoms with van der Waals surface area (Å²) in [7, 11) is 0. The molecule has 0 aromatic heterocycles. The fourth-order valence-corrected chi connectivity index (χ4v) is 40.5. The van der Waals surface area contributed by atoms with Gasteiger partial charge in [0.2, 0.25) is 0 Å². The third-order valence-corrected chi connectivity index (χ3v) is 35.6. The van der Waals surface area contributed by atoms with E-state index >= 15 is 0 Å². The number of fused-ring (bicyclic) bond motifs is 1. The first-order valence-corrected chi connectivity index (χ1v) is 27.2. The minimum absolute atomic E-state index is 0.857. The highest BCUT2D eigenvalue weighted by molar-refractivity contribution is 5.49. The van der Waals surface area contributed by atoms with Gasteiger partial charge in [0.1, 0.15) is 0 Å². The van der Waals surface area contributed by atoms with Gasteiger partial charge in [-0.15, -0.1) is 0 Å². The normalized spacial score (nSPS) is 102. The Balaban J connectivity index is 0.988. The third-order valence-electron chi connectivity index (χ3n) is 35.6. The molecule has 0 amide bonds. The second-order valence-corrected chi connectivity index (χ2v) is 31.3. The monoisotopic (exact) mass is 720 g/mol. The van der Waals surface area contributed by atoms with Gasteiger partial charge in [-0.1, -0.05) is 6.92 Å². The lowest BCUT2D eigenvalue weighted by Gasteiger charge is -2.80. The molecule has 0 N–H and O–H groups in total. The van der Waals surface area contributed by atoms with Crippen LogP contribution in [0.3, 0.4) is 0 Å². The van der Waals surface area contributed by atoms with E-state index in [1.807, 2.05) is 38.5 Å². The Hall–Kier alpha value is 0. The molecule has 0 heteroatoms. The minimum atomic E-state index is 0.857. The van der Waals surface area contributed by atoms with Gasteiger partial charge in [0.15, 0.2) is 0 Å². The van der Waals surface area contributed by atoms with Gasteiger partial charge in [0.25, 0.3) is 0 Å². The SMILES string of the molecule is CC1CC2C3C4C5C6C7C8C9C%10CC2(C2CC%11C%12C%13C2C%10C2C%10CC%14%15C%16CC%17C(C%12C%12C%11C%11%18CCC%12%19C%17C%12C%16C(C6C6C5C(C3C1%11)C%18C%19C6%12)C%14C7C%109)C%15C2%13)C84. The van der Waals surface area contributed by atoms with Crippen LogP contribution in [0, 0.1) is 276 Å². The van der Waals surface area contributed by atoms with Gasteiger partial charge in [-0.05, 0) is 321 Å². The number of rotatable bonds is 0. The molecule has 0 radical (unpaired) electrons. The molecule has 0 aromatic rings. The van der Waals surface area contributed by atoms with Crippen LogP contribution in [-0.4, -0.2) is 0 Å². The summed E-state index contributed by atoms with van der Waals surface area (Å²) in [4.78, 5) is 0. The Morgan fingerprint density at radius 3 is 1.36 bits per heavy atom. The highest BCUT2D eigenvalue weighted by Gasteiger charge is 3.03. The van der Waals surface area contributed by atoms with Crippen LogP contribution >= 0.6 is 0 Å². The van der Waals surface area contributed by atoms with E-state index in [4.69, 9.17) is 0 Å². The molecule has 0 aliphatic heterocycles. The standard InChI is InChI=1S/C55H60/c1-9-4-14-24-37-28-27-29-31-30(28)41-39(24)43(9)52-2-3-53-44-11-6-16-25(40(44)42(31)51(53)50(41)52)38(29)48-36-21-13-8-55(16,48)46-22(11)33-17-10(45(52)49(33)53)5-15-23-18(19(13)34(46)26(17)23)12-7-54(14,15)47(37)35(20(12)21)32(27)36/h9-51H,2-8H2,1H3. The molecule has 27 aliphatic carbocycles. The zero-order valence-corrected chi connectivity index (χ0v) is 32.8. The first-order valence-electron chi connectivity index (χ1n) is 27.2. The van der Waals surface area contributed by atoms with Crippen molar-refractivity contribution in [3.05, 3.63) is 0 Å². The molecule has 0 heterocycles. The van der Waals surface area contributed by atoms with Crippen molar-refractivity contribution in [3.8, 4) is 0 Å². The Labute approximate surface area is 326 Å². The van der Waals surface area contributed by atoms with E-state index in [-0.39, 0.29) is 0 Å². The van der Waals surface area contributed by atoms with Crippen molar-refractivity contribution < 1.29 is 0 Å². The van der Waals surface area contributed by atoms with Crippen LogP contribution in [0.5, 0.6) is 0 Å². The van der Waals surface area contributed by atoms with Crippen molar-refractivity contribution in [2.45, 2.75) is 51.9 Å². The van der Waals surface area contributed by atoms with Crippen LogP contribution in [0.15, 0.2) is 0 Å². The summed E-state index contributed by atoms with van der Waals surface area (Å²) in [6, 6.07) is 0. The summed E-state index contributed by atoms with van der Waals surface area (Å²) in [6.45, 7) is 3.07. The average molecular weight is 721 g/mol. The number of hydrogen-bond donors (Lipinski definition) is 0. The summed E-state index contributed by atoms with van der Waals surface area (Å²) in [5.74, 6) is 55.2. The van der Waals surface area contributed by atoms with E-state index in [0.29, 0.717) is 0 Å². The van der Waals surface area contributed by atoms with Crippen molar-refractivity contribution >= 4 is 0 Å². The second-order valence-electron chi connectivity index (χ2n) is 31.3. The second kappa shape index (κ2) is 5.93. The summed E-state index contributed by atoms with van der Waals surface area (Å²) in [6.07, 6.45) is 13.1. The molecule has 0 aromatic carbocycles. The van der Waals surface area contributed by atoms with Gasteiger partial charge >= 0.3 is 0 Å². The first kappa shape index (κ1) is 25.1. The van der Waals surface area contributed by atoms with Gasteiger partial charge in [0.05, 0.1) is 0 Å². The van der Waals surface area contributed by atoms with Gasteiger partial charge in [-0.25, -0.2) is 0 Å². The Morgan fingerprint density at radius 1 is 0.255 bits per heavy atom. The fraction of sp³-hybridized carbons (Fsp3) is 1.00. The smallest absolute Gasteiger partial charge is 0.0195 e. The molecule has 0 nitrogen and oxygen atoms in total. The maximum absolute atomic E-state index is 3.07. The lowest BCUT2D eigenvalue weighted by molar-refractivity contribution is -0.326. The van der Waals surface area contributed by atoms with Gasteiger partial charge in [-0.3, -0.25) is 0 Å². The molecular weight excluding hydrogens is 661 g/mol. The van der Waals surface area contributed by atoms with Gasteiger partial charge in [-0.2, -0.15) is 0 Å². The fourth-order valence-electron chi connectivity index (χ4n) is 40.5. The Kier molecular flexibility index (Phi) is 2.70. The topological polar surface area (TPSA) is 0 Å². The molecule has 27 fully saturated rings. The first-order chi connectivity index (χ1) is 27.2. The molecule has 280 valence electrons. The van der Waals surface area contributed by atoms with Gasteiger partial charge < -0.3 is 0 Å². The lowest BCUT2D eigenvalue weighted by atomic mass is 9.25. The molecule has 4 spiro atoms. The van der Waals surface area contributed by atoms with E-state index in [9.17, 15) is 0 Å². The quantitative estimate of drug-likeness (QED) is 0.236. The van der Waals surface area contributed by atoms with Crippen LogP contribution in [0.25, 0.3) is 0 Å². The van der Waals surface area contributed by atoms with Crippen LogP contribution < -0.4 is 0 Å². The number of hydrogen-bond acceptors (Lipinski definition) is 0. The lowest BCUT2D eigenvalue weighted by Crippen LogP contribution is -2.75. The summed E-state index contributed by atoms with van der Waals surface area (Å²) in [5.41, 5.74) is 3.53. The zero-order valence-electron chi connectivity index (χ0n) is 32.8. The molecule has 55 heavy (non-hydrogen) atoms. The molecule has 27 aliphatic rings. The van der Waals surface area contributed by atoms with E-state index < -0.39 is 0 Å². The van der Waals surface area contributed by atoms with Crippen molar-refractivity contribution in [1.29, 1.82) is 0 Å². The molecule has 27 rings (SSSR count). The summed E-state index contributed by atoms with van der Waals surface area (Å²) < 4.78 is 0. The average Bonchev–Trinajstić information content (AvgIpc) is 4.06. The maximum atomic E-state index is 3.07. The summed E-state index contributed by atoms with van der Waals surface area (Å²) >= 11 is 0. The highest BCUT2D eigenvalue weighted by Crippen LogP contribution is 3.07.